The van der Waals surface area contributed by atoms with Gasteiger partial charge >= 0.3 is 0 Å². The Balaban J connectivity index is 2.04. The number of anilines is 1. The fourth-order valence-electron chi connectivity index (χ4n) is 3.33. The van der Waals surface area contributed by atoms with Gasteiger partial charge in [0.25, 0.3) is 0 Å². The van der Waals surface area contributed by atoms with E-state index in [2.05, 4.69) is 0 Å². The molecule has 0 aromatic heterocycles. The molecule has 1 aromatic rings. The minimum absolute atomic E-state index is 0.0799. The summed E-state index contributed by atoms with van der Waals surface area (Å²) in [5, 5.41) is 9.74. The van der Waals surface area contributed by atoms with Gasteiger partial charge in [0, 0.05) is 12.0 Å². The van der Waals surface area contributed by atoms with Gasteiger partial charge < -0.3 is 5.11 Å². The van der Waals surface area contributed by atoms with Crippen LogP contribution in [0, 0.1) is 12.3 Å². The van der Waals surface area contributed by atoms with Crippen molar-refractivity contribution in [3.05, 3.63) is 23.8 Å². The molecular formula is C15H17NO3. The lowest BCUT2D eigenvalue weighted by atomic mass is 9.84. The second-order valence-corrected chi connectivity index (χ2v) is 5.62. The molecule has 1 spiro atoms. The molecule has 4 nitrogen and oxygen atoms in total. The van der Waals surface area contributed by atoms with Gasteiger partial charge in [0.15, 0.2) is 0 Å². The SMILES string of the molecule is Cc1c(O)cccc1N1C(=O)CC2(CCCC2)C1=O. The molecule has 0 unspecified atom stereocenters. The van der Waals surface area contributed by atoms with Crippen LogP contribution in [0.25, 0.3) is 0 Å². The summed E-state index contributed by atoms with van der Waals surface area (Å²) >= 11 is 0. The predicted molar refractivity (Wildman–Crippen MR) is 70.9 cm³/mol. The number of hydrogen-bond donors (Lipinski definition) is 1. The number of phenolic OH excluding ortho intramolecular Hbond substituents is 1. The zero-order chi connectivity index (χ0) is 13.6. The molecule has 1 aliphatic heterocycles. The van der Waals surface area contributed by atoms with E-state index in [9.17, 15) is 14.7 Å². The third-order valence-electron chi connectivity index (χ3n) is 4.47. The molecule has 19 heavy (non-hydrogen) atoms. The van der Waals surface area contributed by atoms with Gasteiger partial charge in [-0.25, -0.2) is 4.90 Å². The van der Waals surface area contributed by atoms with E-state index in [0.717, 1.165) is 25.7 Å². The molecule has 1 aromatic carbocycles. The molecule has 3 rings (SSSR count). The molecule has 1 saturated heterocycles. The molecule has 0 atom stereocenters. The van der Waals surface area contributed by atoms with Gasteiger partial charge in [0.2, 0.25) is 11.8 Å². The van der Waals surface area contributed by atoms with E-state index < -0.39 is 5.41 Å². The number of imide groups is 1. The van der Waals surface area contributed by atoms with Crippen molar-refractivity contribution in [3.8, 4) is 5.75 Å². The largest absolute Gasteiger partial charge is 0.508 e. The van der Waals surface area contributed by atoms with Crippen molar-refractivity contribution >= 4 is 17.5 Å². The first-order valence-corrected chi connectivity index (χ1v) is 6.71. The van der Waals surface area contributed by atoms with Gasteiger partial charge in [-0.2, -0.15) is 0 Å². The Bertz CT molecular complexity index is 559. The Morgan fingerprint density at radius 3 is 2.58 bits per heavy atom. The number of carbonyl (C=O) groups is 2. The van der Waals surface area contributed by atoms with E-state index in [1.54, 1.807) is 25.1 Å². The first-order valence-electron chi connectivity index (χ1n) is 6.71. The summed E-state index contributed by atoms with van der Waals surface area (Å²) in [6.45, 7) is 1.73. The van der Waals surface area contributed by atoms with Crippen molar-refractivity contribution in [1.29, 1.82) is 0 Å². The molecule has 2 amide bonds. The molecule has 1 aliphatic carbocycles. The van der Waals surface area contributed by atoms with Gasteiger partial charge in [0.1, 0.15) is 5.75 Å². The number of aromatic hydroxyl groups is 1. The van der Waals surface area contributed by atoms with Crippen molar-refractivity contribution in [2.75, 3.05) is 4.90 Å². The van der Waals surface area contributed by atoms with E-state index in [1.165, 1.54) is 4.90 Å². The molecule has 1 N–H and O–H groups in total. The zero-order valence-electron chi connectivity index (χ0n) is 11.0. The summed E-state index contributed by atoms with van der Waals surface area (Å²) in [6.07, 6.45) is 3.98. The maximum absolute atomic E-state index is 12.6. The lowest BCUT2D eigenvalue weighted by Gasteiger charge is -2.22. The van der Waals surface area contributed by atoms with Crippen LogP contribution in [-0.4, -0.2) is 16.9 Å². The topological polar surface area (TPSA) is 57.6 Å². The minimum Gasteiger partial charge on any atom is -0.508 e. The number of carbonyl (C=O) groups excluding carboxylic acids is 2. The number of rotatable bonds is 1. The monoisotopic (exact) mass is 259 g/mol. The van der Waals surface area contributed by atoms with E-state index in [4.69, 9.17) is 0 Å². The average Bonchev–Trinajstić information content (AvgIpc) is 2.92. The number of hydrogen-bond acceptors (Lipinski definition) is 3. The Hall–Kier alpha value is -1.84. The maximum atomic E-state index is 12.6. The number of nitrogens with zero attached hydrogens (tertiary/aromatic N) is 1. The van der Waals surface area contributed by atoms with Crippen LogP contribution in [0.5, 0.6) is 5.75 Å². The van der Waals surface area contributed by atoms with Gasteiger partial charge in [-0.3, -0.25) is 9.59 Å². The van der Waals surface area contributed by atoms with Crippen molar-refractivity contribution in [1.82, 2.24) is 0 Å². The molecule has 4 heteroatoms. The Kier molecular flexibility index (Phi) is 2.62. The third kappa shape index (κ3) is 1.66. The highest BCUT2D eigenvalue weighted by Crippen LogP contribution is 2.48. The van der Waals surface area contributed by atoms with Crippen LogP contribution in [0.4, 0.5) is 5.69 Å². The van der Waals surface area contributed by atoms with Gasteiger partial charge in [-0.05, 0) is 31.9 Å². The molecule has 1 saturated carbocycles. The van der Waals surface area contributed by atoms with Crippen LogP contribution in [-0.2, 0) is 9.59 Å². The molecule has 2 fully saturated rings. The average molecular weight is 259 g/mol. The lowest BCUT2D eigenvalue weighted by Crippen LogP contribution is -2.34. The smallest absolute Gasteiger partial charge is 0.240 e. The summed E-state index contributed by atoms with van der Waals surface area (Å²) in [7, 11) is 0. The van der Waals surface area contributed by atoms with Crippen molar-refractivity contribution < 1.29 is 14.7 Å². The van der Waals surface area contributed by atoms with Crippen LogP contribution in [0.1, 0.15) is 37.7 Å². The first kappa shape index (κ1) is 12.2. The van der Waals surface area contributed by atoms with E-state index in [0.29, 0.717) is 17.7 Å². The van der Waals surface area contributed by atoms with Crippen LogP contribution in [0.2, 0.25) is 0 Å². The fourth-order valence-corrected chi connectivity index (χ4v) is 3.33. The highest BCUT2D eigenvalue weighted by atomic mass is 16.3. The molecular weight excluding hydrogens is 242 g/mol. The Morgan fingerprint density at radius 2 is 1.89 bits per heavy atom. The lowest BCUT2D eigenvalue weighted by molar-refractivity contribution is -0.125. The quantitative estimate of drug-likeness (QED) is 0.788. The Morgan fingerprint density at radius 1 is 1.21 bits per heavy atom. The molecule has 1 heterocycles. The van der Waals surface area contributed by atoms with Gasteiger partial charge in [-0.15, -0.1) is 0 Å². The highest BCUT2D eigenvalue weighted by molar-refractivity contribution is 6.23. The first-order chi connectivity index (χ1) is 9.05. The summed E-state index contributed by atoms with van der Waals surface area (Å²) in [5.41, 5.74) is 0.646. The molecule has 0 bridgehead atoms. The van der Waals surface area contributed by atoms with Crippen molar-refractivity contribution in [2.45, 2.75) is 39.0 Å². The number of benzene rings is 1. The number of phenols is 1. The molecule has 0 radical (unpaired) electrons. The summed E-state index contributed by atoms with van der Waals surface area (Å²) in [4.78, 5) is 26.1. The van der Waals surface area contributed by atoms with Crippen LogP contribution >= 0.6 is 0 Å². The maximum Gasteiger partial charge on any atom is 0.240 e. The third-order valence-corrected chi connectivity index (χ3v) is 4.47. The van der Waals surface area contributed by atoms with Crippen LogP contribution < -0.4 is 4.90 Å². The normalized spacial score (nSPS) is 21.6. The van der Waals surface area contributed by atoms with Gasteiger partial charge in [0.05, 0.1) is 11.1 Å². The van der Waals surface area contributed by atoms with E-state index >= 15 is 0 Å². The summed E-state index contributed by atoms with van der Waals surface area (Å²) < 4.78 is 0. The van der Waals surface area contributed by atoms with E-state index in [1.807, 2.05) is 0 Å². The van der Waals surface area contributed by atoms with Crippen molar-refractivity contribution in [2.24, 2.45) is 5.41 Å². The van der Waals surface area contributed by atoms with Crippen LogP contribution in [0.3, 0.4) is 0 Å². The second kappa shape index (κ2) is 4.08. The standard InChI is InChI=1S/C15H17NO3/c1-10-11(5-4-6-12(10)17)16-13(18)9-15(14(16)19)7-2-3-8-15/h4-6,17H,2-3,7-9H2,1H3. The fraction of sp³-hybridized carbons (Fsp3) is 0.467. The zero-order valence-corrected chi connectivity index (χ0v) is 11.0. The highest BCUT2D eigenvalue weighted by Gasteiger charge is 2.53. The van der Waals surface area contributed by atoms with E-state index in [-0.39, 0.29) is 17.6 Å². The molecule has 100 valence electrons. The molecule has 2 aliphatic rings. The number of amides is 2. The summed E-state index contributed by atoms with van der Waals surface area (Å²) in [6, 6.07) is 4.95. The minimum atomic E-state index is -0.463. The second-order valence-electron chi connectivity index (χ2n) is 5.62. The van der Waals surface area contributed by atoms with Crippen LogP contribution in [0.15, 0.2) is 18.2 Å². The van der Waals surface area contributed by atoms with Gasteiger partial charge in [-0.1, -0.05) is 18.9 Å². The summed E-state index contributed by atoms with van der Waals surface area (Å²) in [5.74, 6) is -0.102. The Labute approximate surface area is 112 Å². The predicted octanol–water partition coefficient (Wildman–Crippen LogP) is 2.52. The van der Waals surface area contributed by atoms with Crippen molar-refractivity contribution in [3.63, 3.8) is 0 Å².